The zero-order valence-corrected chi connectivity index (χ0v) is 13.4. The van der Waals surface area contributed by atoms with Gasteiger partial charge in [0.2, 0.25) is 0 Å². The van der Waals surface area contributed by atoms with Crippen molar-refractivity contribution in [1.82, 2.24) is 10.2 Å². The van der Waals surface area contributed by atoms with E-state index in [0.717, 1.165) is 38.5 Å². The number of benzene rings is 1. The van der Waals surface area contributed by atoms with Crippen LogP contribution in [-0.2, 0) is 0 Å². The van der Waals surface area contributed by atoms with Crippen molar-refractivity contribution in [2.75, 3.05) is 44.7 Å². The fraction of sp³-hybridized carbons (Fsp3) is 0.647. The molecule has 2 aliphatic heterocycles. The first-order chi connectivity index (χ1) is 10.1. The molecule has 0 radical (unpaired) electrons. The normalized spacial score (nSPS) is 26.0. The van der Waals surface area contributed by atoms with Crippen molar-refractivity contribution in [3.8, 4) is 5.75 Å². The number of rotatable bonds is 3. The quantitative estimate of drug-likeness (QED) is 0.920. The first kappa shape index (κ1) is 14.7. The predicted octanol–water partition coefficient (Wildman–Crippen LogP) is 1.96. The van der Waals surface area contributed by atoms with Crippen molar-refractivity contribution >= 4 is 5.69 Å². The fourth-order valence-electron chi connectivity index (χ4n) is 3.52. The molecule has 0 aromatic heterocycles. The lowest BCUT2D eigenvalue weighted by Crippen LogP contribution is -2.51. The molecule has 4 nitrogen and oxygen atoms in total. The van der Waals surface area contributed by atoms with Gasteiger partial charge in [0.25, 0.3) is 0 Å². The molecule has 116 valence electrons. The lowest BCUT2D eigenvalue weighted by molar-refractivity contribution is 0.191. The van der Waals surface area contributed by atoms with Crippen molar-refractivity contribution in [1.29, 1.82) is 0 Å². The Balaban J connectivity index is 1.55. The summed E-state index contributed by atoms with van der Waals surface area (Å²) in [6.07, 6.45) is 1.26. The lowest BCUT2D eigenvalue weighted by Gasteiger charge is -2.39. The maximum atomic E-state index is 5.23. The molecule has 21 heavy (non-hydrogen) atoms. The molecule has 2 aliphatic rings. The summed E-state index contributed by atoms with van der Waals surface area (Å²) in [6.45, 7) is 10.3. The second-order valence-corrected chi connectivity index (χ2v) is 6.84. The van der Waals surface area contributed by atoms with Gasteiger partial charge in [0.05, 0.1) is 7.11 Å². The Kier molecular flexibility index (Phi) is 4.09. The topological polar surface area (TPSA) is 27.7 Å². The Morgan fingerprint density at radius 2 is 1.76 bits per heavy atom. The van der Waals surface area contributed by atoms with Gasteiger partial charge in [-0.2, -0.15) is 0 Å². The van der Waals surface area contributed by atoms with E-state index in [0.29, 0.717) is 11.6 Å². The SMILES string of the molecule is COc1ccc(N2CCN(C3CNC(C)(C)C3)CC2)cc1. The van der Waals surface area contributed by atoms with Gasteiger partial charge in [0, 0.05) is 50.0 Å². The third kappa shape index (κ3) is 3.33. The summed E-state index contributed by atoms with van der Waals surface area (Å²) >= 11 is 0. The van der Waals surface area contributed by atoms with Crippen LogP contribution >= 0.6 is 0 Å². The Labute approximate surface area is 128 Å². The molecular formula is C17H27N3O. The van der Waals surface area contributed by atoms with Crippen molar-refractivity contribution in [2.24, 2.45) is 0 Å². The highest BCUT2D eigenvalue weighted by Gasteiger charge is 2.34. The Bertz CT molecular complexity index is 463. The van der Waals surface area contributed by atoms with Gasteiger partial charge in [-0.1, -0.05) is 0 Å². The number of hydrogen-bond donors (Lipinski definition) is 1. The third-order valence-corrected chi connectivity index (χ3v) is 4.83. The molecule has 2 saturated heterocycles. The molecule has 0 saturated carbocycles. The van der Waals surface area contributed by atoms with Crippen LogP contribution in [0.1, 0.15) is 20.3 Å². The first-order valence-electron chi connectivity index (χ1n) is 7.95. The van der Waals surface area contributed by atoms with Crippen LogP contribution in [-0.4, -0.2) is 56.3 Å². The summed E-state index contributed by atoms with van der Waals surface area (Å²) in [6, 6.07) is 9.12. The molecule has 0 aliphatic carbocycles. The van der Waals surface area contributed by atoms with Crippen LogP contribution in [0.5, 0.6) is 5.75 Å². The van der Waals surface area contributed by atoms with Gasteiger partial charge in [0.15, 0.2) is 0 Å². The zero-order valence-electron chi connectivity index (χ0n) is 13.4. The number of nitrogens with one attached hydrogen (secondary N) is 1. The average molecular weight is 289 g/mol. The molecule has 0 amide bonds. The van der Waals surface area contributed by atoms with Crippen LogP contribution in [0.4, 0.5) is 5.69 Å². The second-order valence-electron chi connectivity index (χ2n) is 6.84. The first-order valence-corrected chi connectivity index (χ1v) is 7.95. The van der Waals surface area contributed by atoms with Gasteiger partial charge in [-0.15, -0.1) is 0 Å². The van der Waals surface area contributed by atoms with E-state index in [-0.39, 0.29) is 0 Å². The number of nitrogens with zero attached hydrogens (tertiary/aromatic N) is 2. The van der Waals surface area contributed by atoms with Gasteiger partial charge in [0.1, 0.15) is 5.75 Å². The van der Waals surface area contributed by atoms with E-state index in [2.05, 4.69) is 41.1 Å². The van der Waals surface area contributed by atoms with Gasteiger partial charge in [-0.25, -0.2) is 0 Å². The van der Waals surface area contributed by atoms with Crippen molar-refractivity contribution in [3.63, 3.8) is 0 Å². The monoisotopic (exact) mass is 289 g/mol. The number of methoxy groups -OCH3 is 1. The second kappa shape index (κ2) is 5.85. The highest BCUT2D eigenvalue weighted by atomic mass is 16.5. The van der Waals surface area contributed by atoms with Crippen molar-refractivity contribution < 1.29 is 4.74 Å². The molecule has 1 aromatic rings. The summed E-state index contributed by atoms with van der Waals surface area (Å²) in [5.41, 5.74) is 1.61. The highest BCUT2D eigenvalue weighted by Crippen LogP contribution is 2.25. The third-order valence-electron chi connectivity index (χ3n) is 4.83. The minimum atomic E-state index is 0.303. The largest absolute Gasteiger partial charge is 0.497 e. The minimum absolute atomic E-state index is 0.303. The Morgan fingerprint density at radius 3 is 2.29 bits per heavy atom. The molecular weight excluding hydrogens is 262 g/mol. The summed E-state index contributed by atoms with van der Waals surface area (Å²) < 4.78 is 5.23. The van der Waals surface area contributed by atoms with E-state index >= 15 is 0 Å². The number of piperazine rings is 1. The molecule has 2 fully saturated rings. The molecule has 3 rings (SSSR count). The smallest absolute Gasteiger partial charge is 0.119 e. The summed E-state index contributed by atoms with van der Waals surface area (Å²) in [7, 11) is 1.71. The highest BCUT2D eigenvalue weighted by molar-refractivity contribution is 5.49. The summed E-state index contributed by atoms with van der Waals surface area (Å²) in [4.78, 5) is 5.13. The van der Waals surface area contributed by atoms with Crippen molar-refractivity contribution in [2.45, 2.75) is 31.8 Å². The fourth-order valence-corrected chi connectivity index (χ4v) is 3.52. The van der Waals surface area contributed by atoms with E-state index in [9.17, 15) is 0 Å². The van der Waals surface area contributed by atoms with Gasteiger partial charge >= 0.3 is 0 Å². The van der Waals surface area contributed by atoms with E-state index in [1.807, 2.05) is 12.1 Å². The van der Waals surface area contributed by atoms with Gasteiger partial charge in [-0.3, -0.25) is 4.90 Å². The van der Waals surface area contributed by atoms with E-state index in [4.69, 9.17) is 4.74 Å². The molecule has 1 N–H and O–H groups in total. The van der Waals surface area contributed by atoms with Crippen molar-refractivity contribution in [3.05, 3.63) is 24.3 Å². The zero-order chi connectivity index (χ0) is 14.9. The Morgan fingerprint density at radius 1 is 1.10 bits per heavy atom. The molecule has 1 atom stereocenters. The number of ether oxygens (including phenoxy) is 1. The predicted molar refractivity (Wildman–Crippen MR) is 87.3 cm³/mol. The van der Waals surface area contributed by atoms with Crippen LogP contribution in [0.15, 0.2) is 24.3 Å². The van der Waals surface area contributed by atoms with Crippen LogP contribution in [0.3, 0.4) is 0 Å². The molecule has 0 spiro atoms. The van der Waals surface area contributed by atoms with E-state index < -0.39 is 0 Å². The maximum Gasteiger partial charge on any atom is 0.119 e. The maximum absolute atomic E-state index is 5.23. The molecule has 1 unspecified atom stereocenters. The Hall–Kier alpha value is -1.26. The summed E-state index contributed by atoms with van der Waals surface area (Å²) in [5.74, 6) is 0.927. The molecule has 4 heteroatoms. The lowest BCUT2D eigenvalue weighted by atomic mass is 10.0. The van der Waals surface area contributed by atoms with Crippen LogP contribution in [0.2, 0.25) is 0 Å². The molecule has 2 heterocycles. The van der Waals surface area contributed by atoms with Gasteiger partial charge in [-0.05, 0) is 44.5 Å². The van der Waals surface area contributed by atoms with Crippen LogP contribution < -0.4 is 15.0 Å². The number of anilines is 1. The minimum Gasteiger partial charge on any atom is -0.497 e. The van der Waals surface area contributed by atoms with E-state index in [1.54, 1.807) is 7.11 Å². The summed E-state index contributed by atoms with van der Waals surface area (Å²) in [5, 5.41) is 3.63. The standard InChI is InChI=1S/C17H27N3O/c1-17(2)12-15(13-18-17)20-10-8-19(9-11-20)14-4-6-16(21-3)7-5-14/h4-7,15,18H,8-13H2,1-3H3. The molecule has 0 bridgehead atoms. The van der Waals surface area contributed by atoms with Crippen LogP contribution in [0, 0.1) is 0 Å². The van der Waals surface area contributed by atoms with Gasteiger partial charge < -0.3 is 15.0 Å². The molecule has 1 aromatic carbocycles. The van der Waals surface area contributed by atoms with Crippen LogP contribution in [0.25, 0.3) is 0 Å². The van der Waals surface area contributed by atoms with E-state index in [1.165, 1.54) is 12.1 Å². The number of hydrogen-bond acceptors (Lipinski definition) is 4. The average Bonchev–Trinajstić information content (AvgIpc) is 2.88.